The third kappa shape index (κ3) is 6.84. The van der Waals surface area contributed by atoms with Gasteiger partial charge in [0.1, 0.15) is 24.4 Å². The van der Waals surface area contributed by atoms with Crippen molar-refractivity contribution in [1.29, 1.82) is 0 Å². The molecule has 0 spiro atoms. The van der Waals surface area contributed by atoms with E-state index in [1.165, 1.54) is 40.4 Å². The Bertz CT molecular complexity index is 1420. The van der Waals surface area contributed by atoms with Crippen LogP contribution < -0.4 is 15.4 Å². The second-order valence-electron chi connectivity index (χ2n) is 8.86. The number of carbonyl (C=O) groups is 1. The van der Waals surface area contributed by atoms with Gasteiger partial charge in [0.05, 0.1) is 29.7 Å². The number of anilines is 3. The quantitative estimate of drug-likeness (QED) is 0.233. The maximum absolute atomic E-state index is 15.0. The molecule has 2 heterocycles. The van der Waals surface area contributed by atoms with Crippen molar-refractivity contribution in [3.63, 3.8) is 0 Å². The molecule has 3 N–H and O–H groups in total. The molecule has 0 bridgehead atoms. The van der Waals surface area contributed by atoms with Gasteiger partial charge >= 0.3 is 0 Å². The van der Waals surface area contributed by atoms with Gasteiger partial charge in [0, 0.05) is 37.3 Å². The van der Waals surface area contributed by atoms with Gasteiger partial charge in [0.15, 0.2) is 11.6 Å². The highest BCUT2D eigenvalue weighted by atomic mass is 19.2. The number of rotatable bonds is 14. The van der Waals surface area contributed by atoms with Gasteiger partial charge in [-0.3, -0.25) is 14.4 Å². The summed E-state index contributed by atoms with van der Waals surface area (Å²) in [7, 11) is 0. The van der Waals surface area contributed by atoms with E-state index in [0.29, 0.717) is 28.9 Å². The van der Waals surface area contributed by atoms with Crippen LogP contribution in [0.25, 0.3) is 10.9 Å². The number of fused-ring (bicyclic) bond motifs is 1. The Balaban J connectivity index is 1.62. The number of hydrogen-bond acceptors (Lipinski definition) is 8. The predicted molar refractivity (Wildman–Crippen MR) is 143 cm³/mol. The maximum atomic E-state index is 15.0. The number of aliphatic hydroxyl groups is 1. The number of carbonyl (C=O) groups excluding carboxylic acids is 1. The molecule has 4 aromatic rings. The number of halogens is 2. The Hall–Kier alpha value is -4.16. The molecule has 0 aliphatic carbocycles. The summed E-state index contributed by atoms with van der Waals surface area (Å²) < 4.78 is 36.5. The van der Waals surface area contributed by atoms with E-state index in [9.17, 15) is 9.18 Å². The molecule has 0 aliphatic heterocycles. The second kappa shape index (κ2) is 13.1. The van der Waals surface area contributed by atoms with Crippen LogP contribution in [0.3, 0.4) is 0 Å². The van der Waals surface area contributed by atoms with E-state index in [2.05, 4.69) is 26.9 Å². The Morgan fingerprint density at radius 2 is 1.97 bits per heavy atom. The van der Waals surface area contributed by atoms with E-state index in [-0.39, 0.29) is 24.7 Å². The number of ether oxygens (including phenoxy) is 1. The summed E-state index contributed by atoms with van der Waals surface area (Å²) in [6.07, 6.45) is 5.80. The normalized spacial score (nSPS) is 11.3. The number of aromatic nitrogens is 4. The Kier molecular flexibility index (Phi) is 9.34. The van der Waals surface area contributed by atoms with Gasteiger partial charge in [-0.25, -0.2) is 18.7 Å². The Morgan fingerprint density at radius 1 is 1.15 bits per heavy atom. The number of aliphatic hydroxyl groups excluding tert-OH is 1. The minimum atomic E-state index is -1.06. The third-order valence-corrected chi connectivity index (χ3v) is 6.13. The van der Waals surface area contributed by atoms with Crippen molar-refractivity contribution in [3.8, 4) is 5.75 Å². The van der Waals surface area contributed by atoms with E-state index in [4.69, 9.17) is 15.6 Å². The summed E-state index contributed by atoms with van der Waals surface area (Å²) in [4.78, 5) is 23.8. The molecule has 1 amide bonds. The van der Waals surface area contributed by atoms with Crippen molar-refractivity contribution in [3.05, 3.63) is 66.8 Å². The topological polar surface area (TPSA) is 123 Å². The number of hydrogen-bond donors (Lipinski definition) is 2. The molecule has 4 rings (SSSR count). The Morgan fingerprint density at radius 3 is 2.74 bits per heavy atom. The van der Waals surface area contributed by atoms with Crippen LogP contribution in [0.2, 0.25) is 0 Å². The lowest BCUT2D eigenvalue weighted by Crippen LogP contribution is -2.27. The van der Waals surface area contributed by atoms with E-state index >= 15 is 4.39 Å². The first-order valence-corrected chi connectivity index (χ1v) is 12.7. The fraction of sp³-hybridized carbons (Fsp3) is 0.333. The maximum Gasteiger partial charge on any atom is 0.239 e. The summed E-state index contributed by atoms with van der Waals surface area (Å²) in [5, 5.41) is 13.7. The molecule has 0 unspecified atom stereocenters. The third-order valence-electron chi connectivity index (χ3n) is 6.13. The zero-order valence-corrected chi connectivity index (χ0v) is 21.6. The zero-order valence-electron chi connectivity index (χ0n) is 21.6. The summed E-state index contributed by atoms with van der Waals surface area (Å²) in [6, 6.07) is 9.15. The summed E-state index contributed by atoms with van der Waals surface area (Å²) in [6.45, 7) is 5.18. The van der Waals surface area contributed by atoms with Crippen LogP contribution in [0, 0.1) is 11.6 Å². The lowest BCUT2D eigenvalue weighted by Gasteiger charge is -2.24. The largest absolute Gasteiger partial charge is 0.493 e. The van der Waals surface area contributed by atoms with Crippen LogP contribution >= 0.6 is 0 Å². The summed E-state index contributed by atoms with van der Waals surface area (Å²) >= 11 is 0. The molecule has 0 saturated heterocycles. The number of nitrogens with two attached hydrogens (primary N) is 1. The number of benzene rings is 2. The van der Waals surface area contributed by atoms with E-state index in [0.717, 1.165) is 38.5 Å². The van der Waals surface area contributed by atoms with Crippen LogP contribution in [0.1, 0.15) is 19.8 Å². The standard InChI is InChI=1S/C27H31F2N7O3/c1-2-34(10-4-12-37)11-5-13-39-20-8-9-21-23(14-20)31-18-32-27(21)36(24-7-3-6-22(28)26(24)29)19-15-33-35(16-19)17-25(30)38/h3,6-9,14-16,18,37H,2,4-5,10-13,17H2,1H3,(H2,30,38). The lowest BCUT2D eigenvalue weighted by molar-refractivity contribution is -0.118. The molecule has 0 fully saturated rings. The van der Waals surface area contributed by atoms with Gasteiger partial charge in [0.25, 0.3) is 0 Å². The fourth-order valence-electron chi connectivity index (χ4n) is 4.25. The van der Waals surface area contributed by atoms with E-state index in [1.807, 2.05) is 0 Å². The van der Waals surface area contributed by atoms with Crippen LogP contribution in [-0.2, 0) is 11.3 Å². The average Bonchev–Trinajstić information content (AvgIpc) is 3.38. The first kappa shape index (κ1) is 27.9. The molecule has 39 heavy (non-hydrogen) atoms. The van der Waals surface area contributed by atoms with Crippen molar-refractivity contribution in [2.45, 2.75) is 26.3 Å². The van der Waals surface area contributed by atoms with E-state index < -0.39 is 17.5 Å². The fourth-order valence-corrected chi connectivity index (χ4v) is 4.25. The molecule has 2 aromatic carbocycles. The number of nitrogens with zero attached hydrogens (tertiary/aromatic N) is 6. The molecule has 0 saturated carbocycles. The van der Waals surface area contributed by atoms with Gasteiger partial charge in [-0.15, -0.1) is 0 Å². The predicted octanol–water partition coefficient (Wildman–Crippen LogP) is 3.53. The smallest absolute Gasteiger partial charge is 0.239 e. The molecular weight excluding hydrogens is 508 g/mol. The van der Waals surface area contributed by atoms with Crippen molar-refractivity contribution in [1.82, 2.24) is 24.6 Å². The summed E-state index contributed by atoms with van der Waals surface area (Å²) in [5.74, 6) is -1.78. The lowest BCUT2D eigenvalue weighted by atomic mass is 10.2. The molecule has 206 valence electrons. The first-order chi connectivity index (χ1) is 18.9. The monoisotopic (exact) mass is 539 g/mol. The molecule has 2 aromatic heterocycles. The first-order valence-electron chi connectivity index (χ1n) is 12.7. The zero-order chi connectivity index (χ0) is 27.8. The van der Waals surface area contributed by atoms with Crippen molar-refractivity contribution in [2.75, 3.05) is 37.7 Å². The van der Waals surface area contributed by atoms with Gasteiger partial charge in [-0.1, -0.05) is 13.0 Å². The molecule has 0 atom stereocenters. The van der Waals surface area contributed by atoms with Crippen LogP contribution in [0.4, 0.5) is 26.0 Å². The van der Waals surface area contributed by atoms with Gasteiger partial charge in [-0.2, -0.15) is 5.10 Å². The van der Waals surface area contributed by atoms with Gasteiger partial charge in [-0.05, 0) is 43.7 Å². The molecule has 12 heteroatoms. The molecule has 10 nitrogen and oxygen atoms in total. The highest BCUT2D eigenvalue weighted by Gasteiger charge is 2.23. The van der Waals surface area contributed by atoms with Crippen LogP contribution in [0.5, 0.6) is 5.75 Å². The highest BCUT2D eigenvalue weighted by Crippen LogP contribution is 2.39. The van der Waals surface area contributed by atoms with Crippen LogP contribution in [-0.4, -0.2) is 68.5 Å². The van der Waals surface area contributed by atoms with E-state index in [1.54, 1.807) is 18.2 Å². The van der Waals surface area contributed by atoms with Gasteiger partial charge in [0.2, 0.25) is 5.91 Å². The van der Waals surface area contributed by atoms with Gasteiger partial charge < -0.3 is 20.5 Å². The SMILES string of the molecule is CCN(CCCO)CCCOc1ccc2c(N(c3cnn(CC(N)=O)c3)c3cccc(F)c3F)ncnc2c1. The molecular formula is C27H31F2N7O3. The number of amides is 1. The minimum Gasteiger partial charge on any atom is -0.493 e. The molecule has 0 aliphatic rings. The van der Waals surface area contributed by atoms with Crippen molar-refractivity contribution >= 4 is 34.0 Å². The summed E-state index contributed by atoms with van der Waals surface area (Å²) in [5.41, 5.74) is 6.09. The van der Waals surface area contributed by atoms with Crippen molar-refractivity contribution in [2.24, 2.45) is 5.73 Å². The van der Waals surface area contributed by atoms with Crippen molar-refractivity contribution < 1.29 is 23.4 Å². The number of primary amides is 1. The molecule has 0 radical (unpaired) electrons. The minimum absolute atomic E-state index is 0.0874. The second-order valence-corrected chi connectivity index (χ2v) is 8.86. The van der Waals surface area contributed by atoms with Crippen LogP contribution in [0.15, 0.2) is 55.1 Å². The average molecular weight is 540 g/mol. The Labute approximate surface area is 224 Å². The highest BCUT2D eigenvalue weighted by molar-refractivity contribution is 5.95.